The van der Waals surface area contributed by atoms with Gasteiger partial charge in [-0.25, -0.2) is 0 Å². The predicted molar refractivity (Wildman–Crippen MR) is 151 cm³/mol. The van der Waals surface area contributed by atoms with Crippen LogP contribution in [0, 0.1) is 11.3 Å². The number of hydrogen-bond acceptors (Lipinski definition) is 5. The van der Waals surface area contributed by atoms with E-state index in [-0.39, 0.29) is 6.10 Å². The molecule has 1 aliphatic carbocycles. The number of aliphatic imine (C=N–C) groups is 2. The lowest BCUT2D eigenvalue weighted by molar-refractivity contribution is 0.197. The normalized spacial score (nSPS) is 15.5. The highest BCUT2D eigenvalue weighted by atomic mass is 16.5. The molecule has 0 atom stereocenters. The number of rotatable bonds is 14. The summed E-state index contributed by atoms with van der Waals surface area (Å²) in [7, 11) is 0. The van der Waals surface area contributed by atoms with Crippen LogP contribution in [0.25, 0.3) is 0 Å². The Labute approximate surface area is 217 Å². The van der Waals surface area contributed by atoms with Crippen LogP contribution in [-0.4, -0.2) is 24.3 Å². The standard InChI is InChI=1S/C31H41N3O2/c1-6-11-15-24(8-3)23-34-29(14-7-2)28-19-18-25(22-32)20-30(28)35-26(9-4)21-31(33-10-5)36-27-16-12-13-17-27/h8-9,18-21,23,27H,3-4,6-7,10-17H2,1-2,5H3/b24-23+,26-21+,33-31?,34-29?. The molecule has 0 aromatic heterocycles. The molecular weight excluding hydrogens is 446 g/mol. The monoisotopic (exact) mass is 487 g/mol. The second-order valence-corrected chi connectivity index (χ2v) is 8.85. The van der Waals surface area contributed by atoms with Gasteiger partial charge in [0, 0.05) is 24.4 Å². The van der Waals surface area contributed by atoms with E-state index in [1.165, 1.54) is 12.8 Å². The van der Waals surface area contributed by atoms with E-state index in [1.807, 2.05) is 25.3 Å². The number of hydrogen-bond donors (Lipinski definition) is 0. The molecule has 1 aliphatic rings. The van der Waals surface area contributed by atoms with Gasteiger partial charge >= 0.3 is 0 Å². The third-order valence-corrected chi connectivity index (χ3v) is 5.97. The van der Waals surface area contributed by atoms with Crippen molar-refractivity contribution in [3.63, 3.8) is 0 Å². The smallest absolute Gasteiger partial charge is 0.212 e. The van der Waals surface area contributed by atoms with E-state index in [9.17, 15) is 5.26 Å². The lowest BCUT2D eigenvalue weighted by atomic mass is 10.0. The molecule has 0 heterocycles. The first-order chi connectivity index (χ1) is 17.6. The summed E-state index contributed by atoms with van der Waals surface area (Å²) in [6.07, 6.45) is 16.7. The third kappa shape index (κ3) is 9.34. The van der Waals surface area contributed by atoms with E-state index in [4.69, 9.17) is 14.5 Å². The summed E-state index contributed by atoms with van der Waals surface area (Å²) in [5.41, 5.74) is 3.38. The number of nitriles is 1. The second-order valence-electron chi connectivity index (χ2n) is 8.85. The van der Waals surface area contributed by atoms with Crippen molar-refractivity contribution >= 4 is 11.6 Å². The molecule has 192 valence electrons. The molecular formula is C31H41N3O2. The molecule has 0 bridgehead atoms. The topological polar surface area (TPSA) is 67.0 Å². The summed E-state index contributed by atoms with van der Waals surface area (Å²) in [4.78, 5) is 9.36. The zero-order chi connectivity index (χ0) is 26.2. The molecule has 0 amide bonds. The Balaban J connectivity index is 2.44. The van der Waals surface area contributed by atoms with Gasteiger partial charge in [-0.05, 0) is 81.7 Å². The maximum Gasteiger partial charge on any atom is 0.212 e. The molecule has 36 heavy (non-hydrogen) atoms. The number of ether oxygens (including phenoxy) is 2. The molecule has 0 radical (unpaired) electrons. The van der Waals surface area contributed by atoms with Gasteiger partial charge in [0.25, 0.3) is 0 Å². The number of allylic oxidation sites excluding steroid dienone is 3. The molecule has 2 rings (SSSR count). The van der Waals surface area contributed by atoms with Gasteiger partial charge in [0.1, 0.15) is 17.6 Å². The van der Waals surface area contributed by atoms with Crippen LogP contribution in [0.2, 0.25) is 0 Å². The summed E-state index contributed by atoms with van der Waals surface area (Å²) in [5, 5.41) is 9.52. The average molecular weight is 488 g/mol. The first kappa shape index (κ1) is 28.8. The molecule has 1 fully saturated rings. The van der Waals surface area contributed by atoms with Gasteiger partial charge in [-0.2, -0.15) is 5.26 Å². The number of unbranched alkanes of at least 4 members (excludes halogenated alkanes) is 1. The molecule has 5 heteroatoms. The van der Waals surface area contributed by atoms with Crippen molar-refractivity contribution in [2.75, 3.05) is 6.54 Å². The summed E-state index contributed by atoms with van der Waals surface area (Å²) in [6.45, 7) is 14.8. The molecule has 1 saturated carbocycles. The first-order valence-electron chi connectivity index (χ1n) is 13.2. The van der Waals surface area contributed by atoms with Crippen molar-refractivity contribution in [3.8, 4) is 11.8 Å². The Morgan fingerprint density at radius 1 is 1.11 bits per heavy atom. The van der Waals surface area contributed by atoms with Crippen molar-refractivity contribution in [3.05, 3.63) is 78.2 Å². The molecule has 0 aliphatic heterocycles. The minimum Gasteiger partial charge on any atom is -0.475 e. The van der Waals surface area contributed by atoms with Gasteiger partial charge in [0.05, 0.1) is 17.3 Å². The largest absolute Gasteiger partial charge is 0.475 e. The van der Waals surface area contributed by atoms with Gasteiger partial charge in [-0.1, -0.05) is 45.9 Å². The van der Waals surface area contributed by atoms with Crippen LogP contribution in [0.3, 0.4) is 0 Å². The van der Waals surface area contributed by atoms with E-state index in [2.05, 4.69) is 38.1 Å². The lowest BCUT2D eigenvalue weighted by Crippen LogP contribution is -2.14. The minimum atomic E-state index is 0.192. The molecule has 0 saturated heterocycles. The van der Waals surface area contributed by atoms with Crippen LogP contribution in [0.1, 0.15) is 89.7 Å². The van der Waals surface area contributed by atoms with E-state index in [0.29, 0.717) is 29.5 Å². The summed E-state index contributed by atoms with van der Waals surface area (Å²) < 4.78 is 12.5. The van der Waals surface area contributed by atoms with Gasteiger partial charge < -0.3 is 9.47 Å². The molecule has 1 aromatic carbocycles. The SMILES string of the molecule is C=C/C(=C\N=C(CCC)c1ccc(C#N)cc1O/C(C=C)=C/C(=NCC)OC1CCCC1)CCCC. The highest BCUT2D eigenvalue weighted by Gasteiger charge is 2.18. The Morgan fingerprint density at radius 3 is 2.50 bits per heavy atom. The lowest BCUT2D eigenvalue weighted by Gasteiger charge is -2.16. The number of benzene rings is 1. The quantitative estimate of drug-likeness (QED) is 0.115. The molecule has 0 spiro atoms. The van der Waals surface area contributed by atoms with Crippen LogP contribution < -0.4 is 4.74 Å². The van der Waals surface area contributed by atoms with Crippen LogP contribution in [0.5, 0.6) is 5.75 Å². The van der Waals surface area contributed by atoms with E-state index in [0.717, 1.165) is 61.8 Å². The van der Waals surface area contributed by atoms with Gasteiger partial charge in [0.2, 0.25) is 5.90 Å². The maximum absolute atomic E-state index is 9.52. The first-order valence-corrected chi connectivity index (χ1v) is 13.2. The maximum atomic E-state index is 9.52. The van der Waals surface area contributed by atoms with E-state index in [1.54, 1.807) is 24.3 Å². The van der Waals surface area contributed by atoms with Gasteiger partial charge in [-0.15, -0.1) is 0 Å². The minimum absolute atomic E-state index is 0.192. The highest BCUT2D eigenvalue weighted by molar-refractivity contribution is 6.03. The van der Waals surface area contributed by atoms with Crippen LogP contribution in [0.4, 0.5) is 0 Å². The van der Waals surface area contributed by atoms with Gasteiger partial charge in [-0.3, -0.25) is 9.98 Å². The summed E-state index contributed by atoms with van der Waals surface area (Å²) in [5.74, 6) is 1.62. The Bertz CT molecular complexity index is 1030. The fourth-order valence-electron chi connectivity index (χ4n) is 4.01. The third-order valence-electron chi connectivity index (χ3n) is 5.97. The number of nitrogens with zero attached hydrogens (tertiary/aromatic N) is 3. The second kappa shape index (κ2) is 16.3. The summed E-state index contributed by atoms with van der Waals surface area (Å²) in [6, 6.07) is 7.67. The molecule has 0 unspecified atom stereocenters. The summed E-state index contributed by atoms with van der Waals surface area (Å²) >= 11 is 0. The fourth-order valence-corrected chi connectivity index (χ4v) is 4.01. The van der Waals surface area contributed by atoms with Gasteiger partial charge in [0.15, 0.2) is 0 Å². The average Bonchev–Trinajstić information content (AvgIpc) is 3.41. The Hall–Kier alpha value is -3.39. The zero-order valence-corrected chi connectivity index (χ0v) is 22.3. The van der Waals surface area contributed by atoms with Crippen molar-refractivity contribution in [1.29, 1.82) is 5.26 Å². The molecule has 0 N–H and O–H groups in total. The van der Waals surface area contributed by atoms with Crippen LogP contribution >= 0.6 is 0 Å². The fraction of sp³-hybridized carbons (Fsp3) is 0.452. The van der Waals surface area contributed by atoms with Crippen molar-refractivity contribution in [2.24, 2.45) is 9.98 Å². The van der Waals surface area contributed by atoms with Crippen molar-refractivity contribution in [1.82, 2.24) is 0 Å². The van der Waals surface area contributed by atoms with Crippen molar-refractivity contribution < 1.29 is 9.47 Å². The van der Waals surface area contributed by atoms with Crippen molar-refractivity contribution in [2.45, 2.75) is 84.7 Å². The molecule has 1 aromatic rings. The van der Waals surface area contributed by atoms with Crippen LogP contribution in [-0.2, 0) is 4.74 Å². The Kier molecular flexibility index (Phi) is 13.1. The van der Waals surface area contributed by atoms with E-state index < -0.39 is 0 Å². The zero-order valence-electron chi connectivity index (χ0n) is 22.3. The Morgan fingerprint density at radius 2 is 1.89 bits per heavy atom. The predicted octanol–water partition coefficient (Wildman–Crippen LogP) is 8.23. The molecule has 5 nitrogen and oxygen atoms in total. The highest BCUT2D eigenvalue weighted by Crippen LogP contribution is 2.27. The van der Waals surface area contributed by atoms with Crippen LogP contribution in [0.15, 0.2) is 77.1 Å². The van der Waals surface area contributed by atoms with E-state index >= 15 is 0 Å².